The molecule has 0 radical (unpaired) electrons. The van der Waals surface area contributed by atoms with E-state index in [9.17, 15) is 9.59 Å². The Morgan fingerprint density at radius 3 is 2.25 bits per heavy atom. The minimum atomic E-state index is -0.170. The van der Waals surface area contributed by atoms with Crippen LogP contribution < -0.4 is 15.5 Å². The van der Waals surface area contributed by atoms with Crippen LogP contribution in [0, 0.1) is 0 Å². The number of likely N-dealkylation sites (tertiary alicyclic amines) is 1. The maximum atomic E-state index is 12.4. The van der Waals surface area contributed by atoms with Gasteiger partial charge < -0.3 is 15.5 Å². The topological polar surface area (TPSA) is 62.6 Å². The molecular formula is C27H32N3O2+. The van der Waals surface area contributed by atoms with Crippen LogP contribution in [0.1, 0.15) is 36.0 Å². The first kappa shape index (κ1) is 22.0. The van der Waals surface area contributed by atoms with Gasteiger partial charge in [-0.3, -0.25) is 9.59 Å². The third-order valence-electron chi connectivity index (χ3n) is 6.27. The van der Waals surface area contributed by atoms with Crippen molar-refractivity contribution in [3.63, 3.8) is 0 Å². The summed E-state index contributed by atoms with van der Waals surface area (Å²) in [7, 11) is 0. The van der Waals surface area contributed by atoms with Crippen molar-refractivity contribution in [3.05, 3.63) is 83.4 Å². The summed E-state index contributed by atoms with van der Waals surface area (Å²) < 4.78 is 0. The lowest BCUT2D eigenvalue weighted by atomic mass is 10.0. The third kappa shape index (κ3) is 5.95. The third-order valence-corrected chi connectivity index (χ3v) is 6.27. The van der Waals surface area contributed by atoms with Gasteiger partial charge in [0.05, 0.1) is 26.1 Å². The number of carbonyl (C=O) groups is 2. The van der Waals surface area contributed by atoms with Gasteiger partial charge in [-0.2, -0.15) is 0 Å². The van der Waals surface area contributed by atoms with Crippen LogP contribution in [0.2, 0.25) is 0 Å². The fourth-order valence-corrected chi connectivity index (χ4v) is 4.52. The van der Waals surface area contributed by atoms with Gasteiger partial charge in [0.2, 0.25) is 11.8 Å². The Morgan fingerprint density at radius 2 is 1.41 bits per heavy atom. The maximum Gasteiger partial charge on any atom is 0.239 e. The zero-order chi connectivity index (χ0) is 22.2. The van der Waals surface area contributed by atoms with Gasteiger partial charge in [0.1, 0.15) is 6.54 Å². The van der Waals surface area contributed by atoms with Crippen LogP contribution in [0.5, 0.6) is 0 Å². The van der Waals surface area contributed by atoms with Crippen molar-refractivity contribution in [1.29, 1.82) is 0 Å². The van der Waals surface area contributed by atoms with E-state index in [0.29, 0.717) is 6.54 Å². The summed E-state index contributed by atoms with van der Waals surface area (Å²) in [4.78, 5) is 26.4. The van der Waals surface area contributed by atoms with Gasteiger partial charge in [-0.25, -0.2) is 0 Å². The highest BCUT2D eigenvalue weighted by atomic mass is 16.2. The van der Waals surface area contributed by atoms with Crippen LogP contribution in [0.25, 0.3) is 10.8 Å². The number of amides is 2. The summed E-state index contributed by atoms with van der Waals surface area (Å²) in [5, 5.41) is 7.90. The summed E-state index contributed by atoms with van der Waals surface area (Å²) in [5.41, 5.74) is 3.42. The van der Waals surface area contributed by atoms with Gasteiger partial charge in [0.15, 0.2) is 0 Å². The van der Waals surface area contributed by atoms with E-state index in [1.807, 2.05) is 48.5 Å². The molecule has 3 aromatic carbocycles. The number of fused-ring (bicyclic) bond motifs is 1. The van der Waals surface area contributed by atoms with Crippen LogP contribution in [0.15, 0.2) is 66.7 Å². The van der Waals surface area contributed by atoms with Gasteiger partial charge in [0, 0.05) is 12.1 Å². The summed E-state index contributed by atoms with van der Waals surface area (Å²) in [6, 6.07) is 22.3. The summed E-state index contributed by atoms with van der Waals surface area (Å²) in [6.07, 6.45) is 4.20. The number of piperidine rings is 1. The van der Waals surface area contributed by atoms with Crippen molar-refractivity contribution >= 4 is 22.6 Å². The zero-order valence-electron chi connectivity index (χ0n) is 18.5. The highest BCUT2D eigenvalue weighted by molar-refractivity contribution is 5.91. The number of hydrogen-bond acceptors (Lipinski definition) is 2. The van der Waals surface area contributed by atoms with Crippen LogP contribution >= 0.6 is 0 Å². The summed E-state index contributed by atoms with van der Waals surface area (Å²) in [5.74, 6) is -0.318. The molecule has 0 saturated carbocycles. The fraction of sp³-hybridized carbons (Fsp3) is 0.333. The fourth-order valence-electron chi connectivity index (χ4n) is 4.52. The lowest BCUT2D eigenvalue weighted by Crippen LogP contribution is -3.11. The predicted octanol–water partition coefficient (Wildman–Crippen LogP) is 2.38. The smallest absolute Gasteiger partial charge is 0.239 e. The molecular weight excluding hydrogens is 398 g/mol. The average Bonchev–Trinajstić information content (AvgIpc) is 2.83. The van der Waals surface area contributed by atoms with Crippen molar-refractivity contribution in [2.45, 2.75) is 38.8 Å². The first-order chi connectivity index (χ1) is 15.7. The monoisotopic (exact) mass is 430 g/mol. The molecule has 32 heavy (non-hydrogen) atoms. The minimum absolute atomic E-state index is 0.0108. The molecule has 1 fully saturated rings. The largest absolute Gasteiger partial charge is 0.350 e. The predicted molar refractivity (Wildman–Crippen MR) is 127 cm³/mol. The first-order valence-electron chi connectivity index (χ1n) is 11.6. The number of benzene rings is 3. The number of quaternary nitrogens is 1. The molecule has 0 spiro atoms. The van der Waals surface area contributed by atoms with Gasteiger partial charge >= 0.3 is 0 Å². The van der Waals surface area contributed by atoms with Crippen molar-refractivity contribution in [2.24, 2.45) is 0 Å². The van der Waals surface area contributed by atoms with E-state index < -0.39 is 0 Å². The second-order valence-electron chi connectivity index (χ2n) is 8.62. The lowest BCUT2D eigenvalue weighted by molar-refractivity contribution is -0.918. The van der Waals surface area contributed by atoms with Crippen LogP contribution in [0.3, 0.4) is 0 Å². The highest BCUT2D eigenvalue weighted by Crippen LogP contribution is 2.18. The van der Waals surface area contributed by atoms with E-state index in [1.54, 1.807) is 4.90 Å². The molecule has 1 heterocycles. The molecule has 5 heteroatoms. The van der Waals surface area contributed by atoms with E-state index in [-0.39, 0.29) is 24.8 Å². The Kier molecular flexibility index (Phi) is 7.51. The Morgan fingerprint density at radius 1 is 0.719 bits per heavy atom. The number of hydrogen-bond donors (Lipinski definition) is 3. The second-order valence-corrected chi connectivity index (χ2v) is 8.62. The second kappa shape index (κ2) is 10.9. The quantitative estimate of drug-likeness (QED) is 0.514. The average molecular weight is 431 g/mol. The van der Waals surface area contributed by atoms with Crippen LogP contribution in [-0.4, -0.2) is 31.4 Å². The number of rotatable bonds is 8. The van der Waals surface area contributed by atoms with Crippen molar-refractivity contribution in [2.75, 3.05) is 19.6 Å². The Bertz CT molecular complexity index is 1070. The zero-order valence-corrected chi connectivity index (χ0v) is 18.5. The molecule has 0 atom stereocenters. The molecule has 4 rings (SSSR count). The first-order valence-corrected chi connectivity index (χ1v) is 11.6. The Balaban J connectivity index is 1.26. The summed E-state index contributed by atoms with van der Waals surface area (Å²) >= 11 is 0. The Labute approximate surface area is 189 Å². The normalized spacial score (nSPS) is 14.2. The Hall–Kier alpha value is -3.18. The molecule has 3 N–H and O–H groups in total. The molecule has 166 valence electrons. The molecule has 3 aromatic rings. The molecule has 1 aliphatic heterocycles. The van der Waals surface area contributed by atoms with E-state index in [1.165, 1.54) is 37.9 Å². The SMILES string of the molecule is O=C(CNC(=O)Cc1cccc2ccccc12)NCc1ccccc1C[NH+]1CCCCC1. The molecule has 0 aliphatic carbocycles. The van der Waals surface area contributed by atoms with Crippen molar-refractivity contribution in [1.82, 2.24) is 10.6 Å². The maximum absolute atomic E-state index is 12.4. The molecule has 1 aliphatic rings. The van der Waals surface area contributed by atoms with Gasteiger partial charge in [-0.1, -0.05) is 66.7 Å². The summed E-state index contributed by atoms with van der Waals surface area (Å²) in [6.45, 7) is 3.94. The van der Waals surface area contributed by atoms with E-state index in [2.05, 4.69) is 28.8 Å². The molecule has 0 unspecified atom stereocenters. The molecule has 0 bridgehead atoms. The van der Waals surface area contributed by atoms with Crippen LogP contribution in [-0.2, 0) is 29.1 Å². The minimum Gasteiger partial charge on any atom is -0.350 e. The lowest BCUT2D eigenvalue weighted by Gasteiger charge is -2.24. The van der Waals surface area contributed by atoms with Crippen LogP contribution in [0.4, 0.5) is 0 Å². The van der Waals surface area contributed by atoms with E-state index >= 15 is 0 Å². The molecule has 5 nitrogen and oxygen atoms in total. The molecule has 0 aromatic heterocycles. The van der Waals surface area contributed by atoms with Gasteiger partial charge in [-0.05, 0) is 41.2 Å². The molecule has 2 amide bonds. The van der Waals surface area contributed by atoms with E-state index in [0.717, 1.165) is 28.4 Å². The van der Waals surface area contributed by atoms with Gasteiger partial charge in [0.25, 0.3) is 0 Å². The van der Waals surface area contributed by atoms with Crippen molar-refractivity contribution in [3.8, 4) is 0 Å². The standard InChI is InChI=1S/C27H31N3O2/c31-26(17-22-13-8-12-21-9-4-5-14-25(21)22)29-19-27(32)28-18-23-10-2-3-11-24(23)20-30-15-6-1-7-16-30/h2-5,8-14H,1,6-7,15-20H2,(H,28,32)(H,29,31)/p+1. The van der Waals surface area contributed by atoms with Gasteiger partial charge in [-0.15, -0.1) is 0 Å². The molecule has 1 saturated heterocycles. The van der Waals surface area contributed by atoms with E-state index in [4.69, 9.17) is 0 Å². The number of carbonyl (C=O) groups excluding carboxylic acids is 2. The van der Waals surface area contributed by atoms with Crippen molar-refractivity contribution < 1.29 is 14.5 Å². The highest BCUT2D eigenvalue weighted by Gasteiger charge is 2.16. The number of nitrogens with one attached hydrogen (secondary N) is 3.